The first-order valence-corrected chi connectivity index (χ1v) is 8.74. The van der Waals surface area contributed by atoms with Crippen LogP contribution in [0.3, 0.4) is 0 Å². The zero-order valence-corrected chi connectivity index (χ0v) is 16.1. The highest BCUT2D eigenvalue weighted by Gasteiger charge is 2.10. The highest BCUT2D eigenvalue weighted by molar-refractivity contribution is 6.30. The number of hydrogen-bond acceptors (Lipinski definition) is 5. The Morgan fingerprint density at radius 1 is 1.04 bits per heavy atom. The van der Waals surface area contributed by atoms with Gasteiger partial charge < -0.3 is 15.5 Å². The molecular weight excluding hydrogens is 362 g/mol. The number of rotatable bonds is 5. The second-order valence-corrected chi connectivity index (χ2v) is 6.70. The molecule has 0 radical (unpaired) electrons. The molecule has 0 aliphatic rings. The molecule has 0 bridgehead atoms. The third-order valence-electron chi connectivity index (χ3n) is 4.00. The van der Waals surface area contributed by atoms with E-state index >= 15 is 0 Å². The van der Waals surface area contributed by atoms with Gasteiger partial charge >= 0.3 is 0 Å². The van der Waals surface area contributed by atoms with E-state index in [2.05, 4.69) is 20.6 Å². The lowest BCUT2D eigenvalue weighted by molar-refractivity contribution is 0.102. The Labute approximate surface area is 163 Å². The Hall–Kier alpha value is -3.12. The fourth-order valence-corrected chi connectivity index (χ4v) is 2.63. The van der Waals surface area contributed by atoms with Crippen LogP contribution in [0.1, 0.15) is 16.1 Å². The fraction of sp³-hybridized carbons (Fsp3) is 0.150. The monoisotopic (exact) mass is 381 g/mol. The van der Waals surface area contributed by atoms with Crippen molar-refractivity contribution in [1.82, 2.24) is 9.97 Å². The lowest BCUT2D eigenvalue weighted by atomic mass is 10.2. The van der Waals surface area contributed by atoms with Gasteiger partial charge in [-0.1, -0.05) is 17.7 Å². The summed E-state index contributed by atoms with van der Waals surface area (Å²) in [7, 11) is 3.93. The number of amides is 1. The molecular formula is C20H20ClN5O. The van der Waals surface area contributed by atoms with Gasteiger partial charge in [-0.15, -0.1) is 0 Å². The second-order valence-electron chi connectivity index (χ2n) is 6.27. The topological polar surface area (TPSA) is 70.2 Å². The maximum absolute atomic E-state index is 12.5. The molecule has 3 aromatic rings. The van der Waals surface area contributed by atoms with Gasteiger partial charge in [0.25, 0.3) is 5.91 Å². The molecule has 2 aromatic carbocycles. The summed E-state index contributed by atoms with van der Waals surface area (Å²) in [6.45, 7) is 1.96. The van der Waals surface area contributed by atoms with Crippen LogP contribution >= 0.6 is 11.6 Å². The molecule has 3 rings (SSSR count). The van der Waals surface area contributed by atoms with Crippen LogP contribution in [-0.2, 0) is 0 Å². The van der Waals surface area contributed by atoms with Gasteiger partial charge in [0.1, 0.15) is 17.8 Å². The highest BCUT2D eigenvalue weighted by atomic mass is 35.5. The van der Waals surface area contributed by atoms with Gasteiger partial charge in [0, 0.05) is 42.2 Å². The number of halogens is 1. The van der Waals surface area contributed by atoms with E-state index in [9.17, 15) is 4.79 Å². The summed E-state index contributed by atoms with van der Waals surface area (Å²) in [6.07, 6.45) is 1.35. The quantitative estimate of drug-likeness (QED) is 0.680. The minimum absolute atomic E-state index is 0.267. The summed E-state index contributed by atoms with van der Waals surface area (Å²) in [5, 5.41) is 6.63. The summed E-state index contributed by atoms with van der Waals surface area (Å²) in [4.78, 5) is 22.7. The molecule has 6 nitrogen and oxygen atoms in total. The summed E-state index contributed by atoms with van der Waals surface area (Å²) >= 11 is 6.05. The van der Waals surface area contributed by atoms with Crippen LogP contribution < -0.4 is 15.5 Å². The summed E-state index contributed by atoms with van der Waals surface area (Å²) in [5.41, 5.74) is 3.86. The molecule has 0 fully saturated rings. The van der Waals surface area contributed by atoms with Crippen molar-refractivity contribution in [3.63, 3.8) is 0 Å². The van der Waals surface area contributed by atoms with Crippen molar-refractivity contribution in [1.29, 1.82) is 0 Å². The van der Waals surface area contributed by atoms with Crippen molar-refractivity contribution in [2.45, 2.75) is 6.92 Å². The predicted octanol–water partition coefficient (Wildman–Crippen LogP) is 4.50. The Bertz CT molecular complexity index is 957. The molecule has 27 heavy (non-hydrogen) atoms. The van der Waals surface area contributed by atoms with Crippen molar-refractivity contribution in [2.75, 3.05) is 29.6 Å². The van der Waals surface area contributed by atoms with Crippen molar-refractivity contribution >= 4 is 40.4 Å². The van der Waals surface area contributed by atoms with Crippen molar-refractivity contribution in [3.8, 4) is 0 Å². The van der Waals surface area contributed by atoms with E-state index in [0.29, 0.717) is 16.5 Å². The maximum atomic E-state index is 12.5. The van der Waals surface area contributed by atoms with E-state index in [1.807, 2.05) is 68.4 Å². The predicted molar refractivity (Wildman–Crippen MR) is 110 cm³/mol. The summed E-state index contributed by atoms with van der Waals surface area (Å²) < 4.78 is 0. The van der Waals surface area contributed by atoms with Crippen molar-refractivity contribution in [2.24, 2.45) is 0 Å². The van der Waals surface area contributed by atoms with E-state index < -0.39 is 0 Å². The molecule has 2 N–H and O–H groups in total. The molecule has 1 amide bonds. The number of carbonyl (C=O) groups is 1. The Balaban J connectivity index is 1.74. The smallest absolute Gasteiger partial charge is 0.274 e. The average molecular weight is 382 g/mol. The van der Waals surface area contributed by atoms with Gasteiger partial charge in [0.2, 0.25) is 0 Å². The average Bonchev–Trinajstić information content (AvgIpc) is 2.65. The number of nitrogens with one attached hydrogen (secondary N) is 2. The minimum atomic E-state index is -0.305. The third-order valence-corrected chi connectivity index (χ3v) is 4.24. The van der Waals surface area contributed by atoms with E-state index in [4.69, 9.17) is 11.6 Å². The normalized spacial score (nSPS) is 10.4. The van der Waals surface area contributed by atoms with E-state index in [0.717, 1.165) is 16.9 Å². The van der Waals surface area contributed by atoms with Gasteiger partial charge in [0.15, 0.2) is 0 Å². The molecule has 0 unspecified atom stereocenters. The van der Waals surface area contributed by atoms with Crippen LogP contribution in [0.5, 0.6) is 0 Å². The zero-order valence-electron chi connectivity index (χ0n) is 15.3. The van der Waals surface area contributed by atoms with Crippen LogP contribution in [-0.4, -0.2) is 30.0 Å². The maximum Gasteiger partial charge on any atom is 0.274 e. The Morgan fingerprint density at radius 3 is 2.48 bits per heavy atom. The highest BCUT2D eigenvalue weighted by Crippen LogP contribution is 2.23. The Morgan fingerprint density at radius 2 is 1.78 bits per heavy atom. The van der Waals surface area contributed by atoms with Crippen molar-refractivity contribution in [3.05, 3.63) is 71.1 Å². The molecule has 138 valence electrons. The first kappa shape index (κ1) is 18.7. The molecule has 0 aliphatic heterocycles. The molecule has 7 heteroatoms. The van der Waals surface area contributed by atoms with Crippen LogP contribution in [0.15, 0.2) is 54.9 Å². The van der Waals surface area contributed by atoms with Gasteiger partial charge in [-0.2, -0.15) is 0 Å². The SMILES string of the molecule is Cc1ccc(Cl)cc1Nc1cc(C(=O)Nc2ccc(N(C)C)cc2)ncn1. The number of benzene rings is 2. The Kier molecular flexibility index (Phi) is 5.57. The molecule has 1 aromatic heterocycles. The van der Waals surface area contributed by atoms with Gasteiger partial charge in [-0.05, 0) is 48.9 Å². The van der Waals surface area contributed by atoms with Crippen molar-refractivity contribution < 1.29 is 4.79 Å². The summed E-state index contributed by atoms with van der Waals surface area (Å²) in [5.74, 6) is 0.212. The third kappa shape index (κ3) is 4.74. The van der Waals surface area contributed by atoms with Crippen LogP contribution in [0.25, 0.3) is 0 Å². The number of nitrogens with zero attached hydrogens (tertiary/aromatic N) is 3. The molecule has 1 heterocycles. The van der Waals surface area contributed by atoms with Crippen LogP contribution in [0.4, 0.5) is 22.9 Å². The van der Waals surface area contributed by atoms with E-state index in [-0.39, 0.29) is 11.6 Å². The second kappa shape index (κ2) is 8.05. The van der Waals surface area contributed by atoms with Crippen LogP contribution in [0, 0.1) is 6.92 Å². The standard InChI is InChI=1S/C20H20ClN5O/c1-13-4-5-14(21)10-17(13)25-19-11-18(22-12-23-19)20(27)24-15-6-8-16(9-7-15)26(2)3/h4-12H,1-3H3,(H,24,27)(H,22,23,25). The first-order valence-electron chi connectivity index (χ1n) is 8.36. The van der Waals surface area contributed by atoms with Gasteiger partial charge in [0.05, 0.1) is 0 Å². The van der Waals surface area contributed by atoms with Gasteiger partial charge in [-0.25, -0.2) is 9.97 Å². The largest absolute Gasteiger partial charge is 0.378 e. The van der Waals surface area contributed by atoms with E-state index in [1.54, 1.807) is 6.07 Å². The number of hydrogen-bond donors (Lipinski definition) is 2. The molecule has 0 aliphatic carbocycles. The molecule has 0 spiro atoms. The lowest BCUT2D eigenvalue weighted by Crippen LogP contribution is -2.14. The van der Waals surface area contributed by atoms with E-state index in [1.165, 1.54) is 6.33 Å². The minimum Gasteiger partial charge on any atom is -0.378 e. The number of anilines is 4. The molecule has 0 saturated carbocycles. The molecule has 0 atom stereocenters. The number of aromatic nitrogens is 2. The summed E-state index contributed by atoms with van der Waals surface area (Å²) in [6, 6.07) is 14.7. The lowest BCUT2D eigenvalue weighted by Gasteiger charge is -2.13. The zero-order chi connectivity index (χ0) is 19.4. The van der Waals surface area contributed by atoms with Gasteiger partial charge in [-0.3, -0.25) is 4.79 Å². The van der Waals surface area contributed by atoms with Crippen LogP contribution in [0.2, 0.25) is 5.02 Å². The first-order chi connectivity index (χ1) is 12.9. The molecule has 0 saturated heterocycles. The fourth-order valence-electron chi connectivity index (χ4n) is 2.45. The number of carbonyl (C=O) groups excluding carboxylic acids is 1. The number of aryl methyl sites for hydroxylation is 1.